The number of H-pyrrole nitrogens is 1. The van der Waals surface area contributed by atoms with Gasteiger partial charge >= 0.3 is 0 Å². The molecule has 2 aliphatic rings. The summed E-state index contributed by atoms with van der Waals surface area (Å²) in [4.78, 5) is 20.3. The van der Waals surface area contributed by atoms with Crippen LogP contribution in [0.1, 0.15) is 4.11 Å². The SMILES string of the molecule is [2H]C([2H])([2H])N1CN([C@@H]2O[C@H](CO)[C@@H](O)[C@H]2O)c2nc(N)[nH]c(=O)c21. The number of aliphatic hydroxyl groups excluding tert-OH is 3. The van der Waals surface area contributed by atoms with Gasteiger partial charge in [0.1, 0.15) is 24.0 Å². The number of aromatic amines is 1. The summed E-state index contributed by atoms with van der Waals surface area (Å²) in [6, 6.07) is 0. The predicted molar refractivity (Wildman–Crippen MR) is 72.8 cm³/mol. The van der Waals surface area contributed by atoms with Gasteiger partial charge in [-0.1, -0.05) is 0 Å². The Bertz CT molecular complexity index is 698. The van der Waals surface area contributed by atoms with Crippen LogP contribution in [0.25, 0.3) is 0 Å². The molecule has 0 spiro atoms. The summed E-state index contributed by atoms with van der Waals surface area (Å²) < 4.78 is 28.1. The van der Waals surface area contributed by atoms with Crippen LogP contribution in [0.4, 0.5) is 17.5 Å². The van der Waals surface area contributed by atoms with E-state index in [-0.39, 0.29) is 24.1 Å². The van der Waals surface area contributed by atoms with E-state index >= 15 is 0 Å². The highest BCUT2D eigenvalue weighted by molar-refractivity contribution is 5.72. The Morgan fingerprint density at radius 1 is 1.57 bits per heavy atom. The monoisotopic (exact) mass is 302 g/mol. The van der Waals surface area contributed by atoms with E-state index in [4.69, 9.17) is 14.6 Å². The molecule has 0 aliphatic carbocycles. The number of fused-ring (bicyclic) bond motifs is 1. The lowest BCUT2D eigenvalue weighted by atomic mass is 10.1. The second kappa shape index (κ2) is 4.84. The fourth-order valence-electron chi connectivity index (χ4n) is 2.54. The van der Waals surface area contributed by atoms with Crippen molar-refractivity contribution in [1.29, 1.82) is 0 Å². The number of anilines is 3. The highest BCUT2D eigenvalue weighted by atomic mass is 16.6. The van der Waals surface area contributed by atoms with E-state index < -0.39 is 43.7 Å². The topological polar surface area (TPSA) is 148 Å². The number of aliphatic hydroxyl groups is 3. The standard InChI is InChI=1S/C11H17N5O5/c1-15-3-16(8-5(15)9(20)14-11(12)13-8)10-7(19)6(18)4(2-17)21-10/h4,6-7,10,17-19H,2-3H2,1H3,(H3,12,13,14,20)/t4-,6-,7-,10-/m1/s1/i1D3. The molecule has 0 amide bonds. The number of rotatable bonds is 2. The third-order valence-corrected chi connectivity index (χ3v) is 3.55. The molecule has 4 atom stereocenters. The summed E-state index contributed by atoms with van der Waals surface area (Å²) in [5, 5.41) is 29.2. The summed E-state index contributed by atoms with van der Waals surface area (Å²) in [7, 11) is 0. The molecule has 116 valence electrons. The zero-order valence-electron chi connectivity index (χ0n) is 13.8. The van der Waals surface area contributed by atoms with Crippen LogP contribution in [0.3, 0.4) is 0 Å². The van der Waals surface area contributed by atoms with Crippen molar-refractivity contribution in [3.05, 3.63) is 10.4 Å². The van der Waals surface area contributed by atoms with Crippen molar-refractivity contribution in [1.82, 2.24) is 9.97 Å². The van der Waals surface area contributed by atoms with Gasteiger partial charge in [-0.3, -0.25) is 9.78 Å². The zero-order chi connectivity index (χ0) is 17.8. The van der Waals surface area contributed by atoms with Gasteiger partial charge in [0.15, 0.2) is 12.0 Å². The van der Waals surface area contributed by atoms with Gasteiger partial charge in [-0.2, -0.15) is 4.98 Å². The zero-order valence-corrected chi connectivity index (χ0v) is 10.8. The molecule has 0 radical (unpaired) electrons. The molecule has 3 rings (SSSR count). The van der Waals surface area contributed by atoms with Crippen molar-refractivity contribution in [3.8, 4) is 0 Å². The molecule has 21 heavy (non-hydrogen) atoms. The maximum Gasteiger partial charge on any atom is 0.278 e. The van der Waals surface area contributed by atoms with E-state index in [0.29, 0.717) is 0 Å². The fraction of sp³-hybridized carbons (Fsp3) is 0.636. The van der Waals surface area contributed by atoms with Crippen LogP contribution in [0.5, 0.6) is 0 Å². The second-order valence-electron chi connectivity index (χ2n) is 4.89. The Morgan fingerprint density at radius 2 is 2.33 bits per heavy atom. The molecule has 0 bridgehead atoms. The van der Waals surface area contributed by atoms with Crippen LogP contribution in [0.2, 0.25) is 0 Å². The Kier molecular flexibility index (Phi) is 2.49. The third-order valence-electron chi connectivity index (χ3n) is 3.55. The summed E-state index contributed by atoms with van der Waals surface area (Å²) in [6.45, 7) is -3.52. The third kappa shape index (κ3) is 2.03. The number of aromatic nitrogens is 2. The number of hydrogen-bond acceptors (Lipinski definition) is 9. The molecular formula is C11H17N5O5. The Morgan fingerprint density at radius 3 is 2.95 bits per heavy atom. The molecule has 3 heterocycles. The molecule has 0 saturated carbocycles. The summed E-state index contributed by atoms with van der Waals surface area (Å²) in [5.41, 5.74) is 4.54. The highest BCUT2D eigenvalue weighted by Gasteiger charge is 2.48. The lowest BCUT2D eigenvalue weighted by Crippen LogP contribution is -2.45. The quantitative estimate of drug-likeness (QED) is 0.385. The van der Waals surface area contributed by atoms with Crippen molar-refractivity contribution in [3.63, 3.8) is 0 Å². The molecule has 0 aromatic carbocycles. The number of nitrogens with one attached hydrogen (secondary N) is 1. The van der Waals surface area contributed by atoms with E-state index in [0.717, 1.165) is 4.90 Å². The van der Waals surface area contributed by atoms with Crippen molar-refractivity contribution in [2.75, 3.05) is 35.8 Å². The molecule has 10 heteroatoms. The first-order valence-electron chi connectivity index (χ1n) is 7.71. The van der Waals surface area contributed by atoms with Crippen molar-refractivity contribution in [2.45, 2.75) is 24.5 Å². The van der Waals surface area contributed by atoms with Gasteiger partial charge in [0, 0.05) is 11.1 Å². The lowest BCUT2D eigenvalue weighted by molar-refractivity contribution is -0.0221. The maximum absolute atomic E-state index is 12.1. The van der Waals surface area contributed by atoms with Gasteiger partial charge in [0.2, 0.25) is 5.95 Å². The van der Waals surface area contributed by atoms with E-state index in [1.54, 1.807) is 0 Å². The minimum atomic E-state index is -2.65. The van der Waals surface area contributed by atoms with E-state index in [1.807, 2.05) is 0 Å². The van der Waals surface area contributed by atoms with Gasteiger partial charge in [-0.05, 0) is 0 Å². The summed E-state index contributed by atoms with van der Waals surface area (Å²) in [5.74, 6) is -0.315. The van der Waals surface area contributed by atoms with E-state index in [1.165, 1.54) is 4.90 Å². The Hall–Kier alpha value is -1.88. The van der Waals surface area contributed by atoms with Gasteiger partial charge in [0.05, 0.1) is 13.3 Å². The smallest absolute Gasteiger partial charge is 0.278 e. The maximum atomic E-state index is 12.1. The molecule has 6 N–H and O–H groups in total. The van der Waals surface area contributed by atoms with Crippen molar-refractivity contribution >= 4 is 17.5 Å². The van der Waals surface area contributed by atoms with Crippen LogP contribution in [-0.4, -0.2) is 70.1 Å². The van der Waals surface area contributed by atoms with Crippen LogP contribution in [0.15, 0.2) is 4.79 Å². The van der Waals surface area contributed by atoms with Crippen LogP contribution >= 0.6 is 0 Å². The predicted octanol–water partition coefficient (Wildman–Crippen LogP) is -3.00. The first kappa shape index (κ1) is 10.8. The van der Waals surface area contributed by atoms with Crippen LogP contribution in [-0.2, 0) is 4.74 Å². The van der Waals surface area contributed by atoms with Gasteiger partial charge in [-0.25, -0.2) is 0 Å². The largest absolute Gasteiger partial charge is 0.394 e. The minimum Gasteiger partial charge on any atom is -0.394 e. The number of ether oxygens (including phenoxy) is 1. The molecule has 10 nitrogen and oxygen atoms in total. The molecule has 1 aromatic rings. The van der Waals surface area contributed by atoms with E-state index in [9.17, 15) is 20.1 Å². The molecular weight excluding hydrogens is 282 g/mol. The van der Waals surface area contributed by atoms with Gasteiger partial charge in [0.25, 0.3) is 5.56 Å². The Balaban J connectivity index is 2.05. The first-order valence-corrected chi connectivity index (χ1v) is 6.21. The Labute approximate surface area is 123 Å². The molecule has 1 aromatic heterocycles. The van der Waals surface area contributed by atoms with Gasteiger partial charge < -0.3 is 35.6 Å². The summed E-state index contributed by atoms with van der Waals surface area (Å²) in [6.07, 6.45) is -5.05. The second-order valence-corrected chi connectivity index (χ2v) is 4.89. The fourth-order valence-corrected chi connectivity index (χ4v) is 2.54. The number of nitrogens with two attached hydrogens (primary N) is 1. The molecule has 1 saturated heterocycles. The molecule has 1 fully saturated rings. The van der Waals surface area contributed by atoms with E-state index in [2.05, 4.69) is 9.97 Å². The number of hydrogen-bond donors (Lipinski definition) is 5. The van der Waals surface area contributed by atoms with Gasteiger partial charge in [-0.15, -0.1) is 0 Å². The minimum absolute atomic E-state index is 0.0813. The van der Waals surface area contributed by atoms with Crippen molar-refractivity contribution < 1.29 is 24.2 Å². The average molecular weight is 302 g/mol. The van der Waals surface area contributed by atoms with Crippen LogP contribution in [0, 0.1) is 0 Å². The van der Waals surface area contributed by atoms with Crippen molar-refractivity contribution in [2.24, 2.45) is 0 Å². The first-order chi connectivity index (χ1) is 11.1. The summed E-state index contributed by atoms with van der Waals surface area (Å²) >= 11 is 0. The van der Waals surface area contributed by atoms with Crippen LogP contribution < -0.4 is 21.1 Å². The molecule has 0 unspecified atom stereocenters. The lowest BCUT2D eigenvalue weighted by Gasteiger charge is -2.27. The average Bonchev–Trinajstić information content (AvgIpc) is 2.98. The number of nitrogens with zero attached hydrogens (tertiary/aromatic N) is 3. The highest BCUT2D eigenvalue weighted by Crippen LogP contribution is 2.35. The normalized spacial score (nSPS) is 34.5. The molecule has 2 aliphatic heterocycles. The number of nitrogen functional groups attached to an aromatic ring is 1.